The molecule has 0 bridgehead atoms. The zero-order valence-corrected chi connectivity index (χ0v) is 16.2. The van der Waals surface area contributed by atoms with Crippen LogP contribution in [0, 0.1) is 0 Å². The monoisotopic (exact) mass is 399 g/mol. The van der Waals surface area contributed by atoms with E-state index in [-0.39, 0.29) is 11.8 Å². The van der Waals surface area contributed by atoms with Crippen molar-refractivity contribution in [3.8, 4) is 10.6 Å². The molecular formula is C20H18ClN3O2S. The van der Waals surface area contributed by atoms with Crippen molar-refractivity contribution in [1.29, 1.82) is 0 Å². The summed E-state index contributed by atoms with van der Waals surface area (Å²) in [4.78, 5) is 28.0. The Balaban J connectivity index is 1.59. The summed E-state index contributed by atoms with van der Waals surface area (Å²) in [6.07, 6.45) is 0.623. The van der Waals surface area contributed by atoms with Gasteiger partial charge in [-0.05, 0) is 24.3 Å². The van der Waals surface area contributed by atoms with Gasteiger partial charge in [0.1, 0.15) is 5.01 Å². The van der Waals surface area contributed by atoms with Crippen molar-refractivity contribution >= 4 is 40.4 Å². The molecule has 1 heterocycles. The van der Waals surface area contributed by atoms with Crippen LogP contribution >= 0.6 is 22.9 Å². The normalized spacial score (nSPS) is 10.4. The number of benzene rings is 2. The summed E-state index contributed by atoms with van der Waals surface area (Å²) in [5.41, 5.74) is 3.05. The van der Waals surface area contributed by atoms with Crippen molar-refractivity contribution in [1.82, 2.24) is 10.3 Å². The average Bonchev–Trinajstić information content (AvgIpc) is 3.10. The molecule has 0 aliphatic carbocycles. The first-order valence-corrected chi connectivity index (χ1v) is 9.64. The summed E-state index contributed by atoms with van der Waals surface area (Å²) in [5, 5.41) is 8.91. The molecule has 2 amide bonds. The van der Waals surface area contributed by atoms with E-state index in [1.54, 1.807) is 24.3 Å². The molecule has 1 aromatic heterocycles. The van der Waals surface area contributed by atoms with Crippen LogP contribution in [0.25, 0.3) is 10.6 Å². The predicted molar refractivity (Wildman–Crippen MR) is 109 cm³/mol. The van der Waals surface area contributed by atoms with Crippen molar-refractivity contribution in [2.75, 3.05) is 11.9 Å². The Morgan fingerprint density at radius 3 is 2.74 bits per heavy atom. The topological polar surface area (TPSA) is 71.1 Å². The zero-order valence-electron chi connectivity index (χ0n) is 14.7. The Labute approximate surface area is 166 Å². The quantitative estimate of drug-likeness (QED) is 0.645. The Morgan fingerprint density at radius 1 is 1.15 bits per heavy atom. The fraction of sp³-hybridized carbons (Fsp3) is 0.150. The van der Waals surface area contributed by atoms with E-state index in [1.165, 1.54) is 18.3 Å². The van der Waals surface area contributed by atoms with Gasteiger partial charge < -0.3 is 10.6 Å². The summed E-state index contributed by atoms with van der Waals surface area (Å²) < 4.78 is 0. The van der Waals surface area contributed by atoms with Crippen LogP contribution in [0.2, 0.25) is 5.02 Å². The second kappa shape index (κ2) is 8.79. The lowest BCUT2D eigenvalue weighted by Gasteiger charge is -2.05. The Morgan fingerprint density at radius 2 is 1.96 bits per heavy atom. The van der Waals surface area contributed by atoms with Gasteiger partial charge in [0.2, 0.25) is 5.91 Å². The number of thiazole rings is 1. The van der Waals surface area contributed by atoms with Crippen LogP contribution < -0.4 is 10.6 Å². The summed E-state index contributed by atoms with van der Waals surface area (Å²) in [6.45, 7) is 1.95. The van der Waals surface area contributed by atoms with Crippen molar-refractivity contribution in [2.24, 2.45) is 0 Å². The molecule has 2 aromatic carbocycles. The molecule has 0 unspecified atom stereocenters. The number of carbonyl (C=O) groups excluding carboxylic acids is 2. The highest BCUT2D eigenvalue weighted by Crippen LogP contribution is 2.26. The zero-order chi connectivity index (χ0) is 19.2. The summed E-state index contributed by atoms with van der Waals surface area (Å²) in [7, 11) is 0. The number of halogens is 1. The number of aromatic nitrogens is 1. The van der Waals surface area contributed by atoms with Crippen LogP contribution in [0.4, 0.5) is 5.69 Å². The molecule has 0 aliphatic heterocycles. The summed E-state index contributed by atoms with van der Waals surface area (Å²) in [6, 6.07) is 14.5. The molecule has 0 spiro atoms. The van der Waals surface area contributed by atoms with Crippen molar-refractivity contribution in [2.45, 2.75) is 13.3 Å². The first-order valence-electron chi connectivity index (χ1n) is 8.38. The molecule has 3 aromatic rings. The van der Waals surface area contributed by atoms with E-state index in [0.717, 1.165) is 22.0 Å². The number of nitrogens with zero attached hydrogens (tertiary/aromatic N) is 1. The van der Waals surface area contributed by atoms with E-state index in [0.29, 0.717) is 23.6 Å². The van der Waals surface area contributed by atoms with Crippen LogP contribution in [0.1, 0.15) is 23.0 Å². The Kier molecular flexibility index (Phi) is 6.21. The highest BCUT2D eigenvalue weighted by molar-refractivity contribution is 7.13. The van der Waals surface area contributed by atoms with Gasteiger partial charge in [0.25, 0.3) is 5.91 Å². The minimum Gasteiger partial charge on any atom is -0.352 e. The number of carbonyl (C=O) groups is 2. The van der Waals surface area contributed by atoms with E-state index >= 15 is 0 Å². The van der Waals surface area contributed by atoms with Gasteiger partial charge in [-0.15, -0.1) is 11.3 Å². The van der Waals surface area contributed by atoms with Crippen LogP contribution in [-0.2, 0) is 11.2 Å². The molecule has 138 valence electrons. The largest absolute Gasteiger partial charge is 0.352 e. The van der Waals surface area contributed by atoms with Gasteiger partial charge in [-0.25, -0.2) is 4.98 Å². The smallest absolute Gasteiger partial charge is 0.252 e. The van der Waals surface area contributed by atoms with Crippen LogP contribution in [-0.4, -0.2) is 23.3 Å². The molecule has 27 heavy (non-hydrogen) atoms. The molecule has 7 heteroatoms. The molecule has 0 fully saturated rings. The van der Waals surface area contributed by atoms with Gasteiger partial charge in [0.05, 0.1) is 16.3 Å². The van der Waals surface area contributed by atoms with E-state index in [9.17, 15) is 9.59 Å². The predicted octanol–water partition coefficient (Wildman–Crippen LogP) is 4.39. The van der Waals surface area contributed by atoms with Gasteiger partial charge >= 0.3 is 0 Å². The maximum Gasteiger partial charge on any atom is 0.252 e. The third-order valence-corrected chi connectivity index (χ3v) is 5.04. The van der Waals surface area contributed by atoms with Crippen molar-refractivity contribution in [3.63, 3.8) is 0 Å². The second-order valence-corrected chi connectivity index (χ2v) is 7.16. The van der Waals surface area contributed by atoms with E-state index in [4.69, 9.17) is 11.6 Å². The minimum atomic E-state index is -0.195. The highest BCUT2D eigenvalue weighted by atomic mass is 35.5. The lowest BCUT2D eigenvalue weighted by atomic mass is 10.2. The fourth-order valence-corrected chi connectivity index (χ4v) is 3.61. The van der Waals surface area contributed by atoms with Gasteiger partial charge in [0.15, 0.2) is 0 Å². The lowest BCUT2D eigenvalue weighted by molar-refractivity contribution is -0.114. The first kappa shape index (κ1) is 19.1. The second-order valence-electron chi connectivity index (χ2n) is 5.89. The lowest BCUT2D eigenvalue weighted by Crippen LogP contribution is -2.26. The third kappa shape index (κ3) is 5.15. The average molecular weight is 400 g/mol. The number of rotatable bonds is 6. The van der Waals surface area contributed by atoms with Gasteiger partial charge in [-0.1, -0.05) is 35.9 Å². The van der Waals surface area contributed by atoms with Gasteiger partial charge in [0, 0.05) is 36.5 Å². The number of anilines is 1. The molecule has 0 radical (unpaired) electrons. The molecule has 0 saturated carbocycles. The minimum absolute atomic E-state index is 0.110. The molecule has 3 rings (SSSR count). The molecule has 0 atom stereocenters. The van der Waals surface area contributed by atoms with Gasteiger partial charge in [-0.2, -0.15) is 0 Å². The van der Waals surface area contributed by atoms with Crippen LogP contribution in [0.3, 0.4) is 0 Å². The first-order chi connectivity index (χ1) is 13.0. The standard InChI is InChI=1S/C20H18ClN3O2S/c1-13(25)23-15-6-4-5-14(11-15)20-24-16(12-27-20)9-10-22-19(26)17-7-2-3-8-18(17)21/h2-8,11-12H,9-10H2,1H3,(H,22,26)(H,23,25). The Hall–Kier alpha value is -2.70. The third-order valence-electron chi connectivity index (χ3n) is 3.77. The van der Waals surface area contributed by atoms with Crippen LogP contribution in [0.15, 0.2) is 53.9 Å². The molecule has 2 N–H and O–H groups in total. The molecule has 0 aliphatic rings. The number of hydrogen-bond donors (Lipinski definition) is 2. The van der Waals surface area contributed by atoms with Crippen LogP contribution in [0.5, 0.6) is 0 Å². The number of hydrogen-bond acceptors (Lipinski definition) is 4. The number of amides is 2. The maximum atomic E-state index is 12.2. The SMILES string of the molecule is CC(=O)Nc1cccc(-c2nc(CCNC(=O)c3ccccc3Cl)cs2)c1. The van der Waals surface area contributed by atoms with E-state index < -0.39 is 0 Å². The van der Waals surface area contributed by atoms with Gasteiger partial charge in [-0.3, -0.25) is 9.59 Å². The van der Waals surface area contributed by atoms with Crippen molar-refractivity contribution < 1.29 is 9.59 Å². The van der Waals surface area contributed by atoms with E-state index in [2.05, 4.69) is 15.6 Å². The number of nitrogens with one attached hydrogen (secondary N) is 2. The summed E-state index contributed by atoms with van der Waals surface area (Å²) in [5.74, 6) is -0.305. The summed E-state index contributed by atoms with van der Waals surface area (Å²) >= 11 is 7.56. The molecule has 0 saturated heterocycles. The van der Waals surface area contributed by atoms with E-state index in [1.807, 2.05) is 29.6 Å². The molecule has 5 nitrogen and oxygen atoms in total. The van der Waals surface area contributed by atoms with Crippen molar-refractivity contribution in [3.05, 3.63) is 70.2 Å². The highest BCUT2D eigenvalue weighted by Gasteiger charge is 2.10. The Bertz CT molecular complexity index is 971. The molecular weight excluding hydrogens is 382 g/mol. The maximum absolute atomic E-state index is 12.2. The fourth-order valence-electron chi connectivity index (χ4n) is 2.53.